The van der Waals surface area contributed by atoms with E-state index < -0.39 is 5.97 Å². The Bertz CT molecular complexity index is 591. The SMILES string of the molecule is C[n+]1ccc(N=Nc2cccc(C(=O)O)c2)cc1. The van der Waals surface area contributed by atoms with Gasteiger partial charge in [0.15, 0.2) is 12.4 Å². The average Bonchev–Trinajstić information content (AvgIpc) is 2.38. The molecule has 1 heterocycles. The highest BCUT2D eigenvalue weighted by Gasteiger charge is 2.02. The second-order valence-electron chi connectivity index (χ2n) is 3.78. The van der Waals surface area contributed by atoms with Gasteiger partial charge in [0, 0.05) is 12.1 Å². The van der Waals surface area contributed by atoms with E-state index >= 15 is 0 Å². The minimum atomic E-state index is -0.973. The molecule has 0 radical (unpaired) electrons. The standard InChI is InChI=1S/C13H11N3O2/c1-16-7-5-11(6-8-16)14-15-12-4-2-3-10(9-12)13(17)18/h2-9H,1H3/p+1. The molecule has 2 aromatic rings. The lowest BCUT2D eigenvalue weighted by molar-refractivity contribution is -0.671. The highest BCUT2D eigenvalue weighted by Crippen LogP contribution is 2.18. The van der Waals surface area contributed by atoms with Crippen LogP contribution in [0.3, 0.4) is 0 Å². The zero-order chi connectivity index (χ0) is 13.0. The normalized spacial score (nSPS) is 10.7. The van der Waals surface area contributed by atoms with Crippen molar-refractivity contribution in [2.75, 3.05) is 0 Å². The number of nitrogens with zero attached hydrogens (tertiary/aromatic N) is 3. The Morgan fingerprint density at radius 2 is 1.78 bits per heavy atom. The molecule has 0 aliphatic heterocycles. The summed E-state index contributed by atoms with van der Waals surface area (Å²) in [7, 11) is 1.91. The number of carboxylic acid groups (broad SMARTS) is 1. The van der Waals surface area contributed by atoms with E-state index in [2.05, 4.69) is 10.2 Å². The first-order valence-corrected chi connectivity index (χ1v) is 5.35. The molecule has 0 spiro atoms. The third-order valence-corrected chi connectivity index (χ3v) is 2.33. The Morgan fingerprint density at radius 3 is 2.44 bits per heavy atom. The van der Waals surface area contributed by atoms with Crippen molar-refractivity contribution in [1.82, 2.24) is 0 Å². The van der Waals surface area contributed by atoms with Gasteiger partial charge in [-0.3, -0.25) is 0 Å². The van der Waals surface area contributed by atoms with E-state index in [1.165, 1.54) is 12.1 Å². The summed E-state index contributed by atoms with van der Waals surface area (Å²) in [6.45, 7) is 0. The number of azo groups is 1. The number of hydrogen-bond acceptors (Lipinski definition) is 3. The summed E-state index contributed by atoms with van der Waals surface area (Å²) in [6.07, 6.45) is 3.73. The topological polar surface area (TPSA) is 65.9 Å². The molecule has 0 aliphatic rings. The summed E-state index contributed by atoms with van der Waals surface area (Å²) >= 11 is 0. The van der Waals surface area contributed by atoms with Crippen molar-refractivity contribution in [3.8, 4) is 0 Å². The second-order valence-corrected chi connectivity index (χ2v) is 3.78. The molecule has 0 unspecified atom stereocenters. The Morgan fingerprint density at radius 1 is 1.11 bits per heavy atom. The van der Waals surface area contributed by atoms with Crippen molar-refractivity contribution < 1.29 is 14.5 Å². The maximum absolute atomic E-state index is 10.8. The maximum Gasteiger partial charge on any atom is 0.335 e. The van der Waals surface area contributed by atoms with Gasteiger partial charge < -0.3 is 5.11 Å². The smallest absolute Gasteiger partial charge is 0.335 e. The van der Waals surface area contributed by atoms with Crippen molar-refractivity contribution in [2.45, 2.75) is 0 Å². The number of pyridine rings is 1. The van der Waals surface area contributed by atoms with Gasteiger partial charge in [0.1, 0.15) is 7.05 Å². The van der Waals surface area contributed by atoms with Gasteiger partial charge in [0.2, 0.25) is 0 Å². The number of benzene rings is 1. The van der Waals surface area contributed by atoms with E-state index in [1.54, 1.807) is 12.1 Å². The summed E-state index contributed by atoms with van der Waals surface area (Å²) in [5, 5.41) is 16.9. The summed E-state index contributed by atoms with van der Waals surface area (Å²) in [4.78, 5) is 10.8. The number of aromatic nitrogens is 1. The Kier molecular flexibility index (Phi) is 3.43. The van der Waals surface area contributed by atoms with Gasteiger partial charge in [0.05, 0.1) is 16.9 Å². The lowest BCUT2D eigenvalue weighted by atomic mass is 10.2. The van der Waals surface area contributed by atoms with Gasteiger partial charge in [0.25, 0.3) is 0 Å². The fraction of sp³-hybridized carbons (Fsp3) is 0.0769. The molecular weight excluding hydrogens is 230 g/mol. The molecule has 1 N–H and O–H groups in total. The molecule has 0 bridgehead atoms. The van der Waals surface area contributed by atoms with Crippen molar-refractivity contribution >= 4 is 17.3 Å². The molecule has 0 saturated heterocycles. The first kappa shape index (κ1) is 11.9. The second kappa shape index (κ2) is 5.18. The van der Waals surface area contributed by atoms with Gasteiger partial charge in [-0.15, -0.1) is 0 Å². The molecule has 5 nitrogen and oxygen atoms in total. The average molecular weight is 242 g/mol. The largest absolute Gasteiger partial charge is 0.478 e. The van der Waals surface area contributed by atoms with E-state index in [9.17, 15) is 4.79 Å². The third kappa shape index (κ3) is 2.98. The van der Waals surface area contributed by atoms with Gasteiger partial charge in [-0.25, -0.2) is 9.36 Å². The molecular formula is C13H12N3O2+. The molecule has 1 aromatic carbocycles. The van der Waals surface area contributed by atoms with Crippen LogP contribution in [0.25, 0.3) is 0 Å². The highest BCUT2D eigenvalue weighted by molar-refractivity contribution is 5.88. The van der Waals surface area contributed by atoms with E-state index in [1.807, 2.05) is 36.1 Å². The molecule has 2 rings (SSSR count). The van der Waals surface area contributed by atoms with Gasteiger partial charge in [-0.05, 0) is 18.2 Å². The van der Waals surface area contributed by atoms with Crippen LogP contribution in [0.4, 0.5) is 11.4 Å². The summed E-state index contributed by atoms with van der Waals surface area (Å²) in [5.74, 6) is -0.973. The quantitative estimate of drug-likeness (QED) is 0.664. The molecule has 1 aromatic heterocycles. The minimum absolute atomic E-state index is 0.200. The molecule has 0 saturated carbocycles. The zero-order valence-electron chi connectivity index (χ0n) is 9.82. The predicted octanol–water partition coefficient (Wildman–Crippen LogP) is 2.62. The summed E-state index contributed by atoms with van der Waals surface area (Å²) < 4.78 is 1.89. The van der Waals surface area contributed by atoms with Crippen LogP contribution >= 0.6 is 0 Å². The lowest BCUT2D eigenvalue weighted by Crippen LogP contribution is -2.25. The Hall–Kier alpha value is -2.56. The van der Waals surface area contributed by atoms with Crippen LogP contribution in [-0.4, -0.2) is 11.1 Å². The maximum atomic E-state index is 10.8. The van der Waals surface area contributed by atoms with Crippen molar-refractivity contribution in [3.63, 3.8) is 0 Å². The molecule has 5 heteroatoms. The van der Waals surface area contributed by atoms with Crippen molar-refractivity contribution in [3.05, 3.63) is 54.4 Å². The van der Waals surface area contributed by atoms with E-state index in [4.69, 9.17) is 5.11 Å². The molecule has 0 atom stereocenters. The van der Waals surface area contributed by atoms with Crippen LogP contribution in [0.5, 0.6) is 0 Å². The molecule has 0 aliphatic carbocycles. The van der Waals surface area contributed by atoms with Crippen LogP contribution < -0.4 is 4.57 Å². The van der Waals surface area contributed by atoms with Crippen molar-refractivity contribution in [2.24, 2.45) is 17.3 Å². The van der Waals surface area contributed by atoms with Crippen LogP contribution in [0, 0.1) is 0 Å². The molecule has 18 heavy (non-hydrogen) atoms. The predicted molar refractivity (Wildman–Crippen MR) is 65.2 cm³/mol. The first-order valence-electron chi connectivity index (χ1n) is 5.35. The van der Waals surface area contributed by atoms with Crippen LogP contribution in [0.2, 0.25) is 0 Å². The Balaban J connectivity index is 2.20. The number of aromatic carboxylic acids is 1. The Labute approximate surface area is 104 Å². The van der Waals surface area contributed by atoms with E-state index in [0.29, 0.717) is 11.4 Å². The van der Waals surface area contributed by atoms with Gasteiger partial charge >= 0.3 is 5.97 Å². The van der Waals surface area contributed by atoms with Crippen LogP contribution in [0.1, 0.15) is 10.4 Å². The number of rotatable bonds is 3. The zero-order valence-corrected chi connectivity index (χ0v) is 9.82. The number of carbonyl (C=O) groups is 1. The fourth-order valence-electron chi connectivity index (χ4n) is 1.38. The van der Waals surface area contributed by atoms with Gasteiger partial charge in [-0.2, -0.15) is 10.2 Å². The van der Waals surface area contributed by atoms with Crippen LogP contribution in [-0.2, 0) is 7.05 Å². The van der Waals surface area contributed by atoms with E-state index in [0.717, 1.165) is 0 Å². The van der Waals surface area contributed by atoms with Crippen LogP contribution in [0.15, 0.2) is 59.0 Å². The number of aryl methyl sites for hydroxylation is 1. The molecule has 0 fully saturated rings. The third-order valence-electron chi connectivity index (χ3n) is 2.33. The molecule has 0 amide bonds. The first-order chi connectivity index (χ1) is 8.65. The number of carboxylic acids is 1. The summed E-state index contributed by atoms with van der Waals surface area (Å²) in [5.41, 5.74) is 1.43. The monoisotopic (exact) mass is 242 g/mol. The summed E-state index contributed by atoms with van der Waals surface area (Å²) in [6, 6.07) is 10.00. The fourth-order valence-corrected chi connectivity index (χ4v) is 1.38. The lowest BCUT2D eigenvalue weighted by Gasteiger charge is -1.95. The van der Waals surface area contributed by atoms with Gasteiger partial charge in [-0.1, -0.05) is 6.07 Å². The molecule has 90 valence electrons. The van der Waals surface area contributed by atoms with E-state index in [-0.39, 0.29) is 5.56 Å². The highest BCUT2D eigenvalue weighted by atomic mass is 16.4. The van der Waals surface area contributed by atoms with Crippen molar-refractivity contribution in [1.29, 1.82) is 0 Å². The number of hydrogen-bond donors (Lipinski definition) is 1. The minimum Gasteiger partial charge on any atom is -0.478 e.